The van der Waals surface area contributed by atoms with Gasteiger partial charge in [0.25, 0.3) is 5.91 Å². The van der Waals surface area contributed by atoms with Gasteiger partial charge in [0.2, 0.25) is 0 Å². The second kappa shape index (κ2) is 6.26. The van der Waals surface area contributed by atoms with Gasteiger partial charge in [0.15, 0.2) is 9.84 Å². The Labute approximate surface area is 119 Å². The highest BCUT2D eigenvalue weighted by atomic mass is 32.2. The molecule has 1 heterocycles. The van der Waals surface area contributed by atoms with Crippen LogP contribution in [0.3, 0.4) is 0 Å². The molecule has 0 aromatic heterocycles. The average Bonchev–Trinajstić information content (AvgIpc) is 2.78. The number of hydrogen-bond acceptors (Lipinski definition) is 4. The van der Waals surface area contributed by atoms with Gasteiger partial charge >= 0.3 is 0 Å². The standard InChI is InChI=1S/C14H19NO4S/c1-19-13-5-3-2-4-12(13)14(16)15-8-6-11-7-9-20(17,18)10-11/h2-5,11H,6-10H2,1H3,(H,15,16). The topological polar surface area (TPSA) is 72.5 Å². The summed E-state index contributed by atoms with van der Waals surface area (Å²) in [4.78, 5) is 12.0. The van der Waals surface area contributed by atoms with Crippen molar-refractivity contribution in [3.05, 3.63) is 29.8 Å². The van der Waals surface area contributed by atoms with Crippen LogP contribution in [0.4, 0.5) is 0 Å². The van der Waals surface area contributed by atoms with Crippen LogP contribution in [0.2, 0.25) is 0 Å². The van der Waals surface area contributed by atoms with Gasteiger partial charge in [0.1, 0.15) is 5.75 Å². The number of hydrogen-bond donors (Lipinski definition) is 1. The van der Waals surface area contributed by atoms with E-state index in [0.717, 1.165) is 0 Å². The smallest absolute Gasteiger partial charge is 0.255 e. The van der Waals surface area contributed by atoms with Gasteiger partial charge in [0, 0.05) is 6.54 Å². The Morgan fingerprint density at radius 1 is 1.40 bits per heavy atom. The summed E-state index contributed by atoms with van der Waals surface area (Å²) in [5.41, 5.74) is 0.494. The van der Waals surface area contributed by atoms with Crippen LogP contribution in [0.1, 0.15) is 23.2 Å². The van der Waals surface area contributed by atoms with Crippen molar-refractivity contribution in [2.24, 2.45) is 5.92 Å². The predicted octanol–water partition coefficient (Wildman–Crippen LogP) is 1.25. The summed E-state index contributed by atoms with van der Waals surface area (Å²) in [7, 11) is -1.32. The third-order valence-corrected chi connectivity index (χ3v) is 5.35. The van der Waals surface area contributed by atoms with E-state index in [9.17, 15) is 13.2 Å². The fourth-order valence-electron chi connectivity index (χ4n) is 2.42. The van der Waals surface area contributed by atoms with Crippen LogP contribution in [0.5, 0.6) is 5.75 Å². The number of methoxy groups -OCH3 is 1. The van der Waals surface area contributed by atoms with Gasteiger partial charge in [-0.05, 0) is 30.9 Å². The van der Waals surface area contributed by atoms with E-state index in [1.165, 1.54) is 7.11 Å². The fourth-order valence-corrected chi connectivity index (χ4v) is 4.33. The van der Waals surface area contributed by atoms with Crippen molar-refractivity contribution in [2.45, 2.75) is 12.8 Å². The van der Waals surface area contributed by atoms with Gasteiger partial charge in [-0.25, -0.2) is 8.42 Å². The molecule has 110 valence electrons. The van der Waals surface area contributed by atoms with Gasteiger partial charge in [0.05, 0.1) is 24.2 Å². The molecule has 0 radical (unpaired) electrons. The second-order valence-electron chi connectivity index (χ2n) is 5.01. The zero-order chi connectivity index (χ0) is 14.6. The first-order valence-electron chi connectivity index (χ1n) is 6.63. The van der Waals surface area contributed by atoms with Crippen LogP contribution in [0, 0.1) is 5.92 Å². The van der Waals surface area contributed by atoms with Gasteiger partial charge < -0.3 is 10.1 Å². The monoisotopic (exact) mass is 297 g/mol. The van der Waals surface area contributed by atoms with E-state index in [1.807, 2.05) is 0 Å². The number of rotatable bonds is 5. The Balaban J connectivity index is 1.84. The quantitative estimate of drug-likeness (QED) is 0.888. The average molecular weight is 297 g/mol. The SMILES string of the molecule is COc1ccccc1C(=O)NCCC1CCS(=O)(=O)C1. The summed E-state index contributed by atoms with van der Waals surface area (Å²) in [6.45, 7) is 0.483. The summed E-state index contributed by atoms with van der Waals surface area (Å²) in [5, 5.41) is 2.81. The molecule has 0 aliphatic carbocycles. The molecule has 1 N–H and O–H groups in total. The maximum absolute atomic E-state index is 12.0. The molecule has 6 heteroatoms. The number of para-hydroxylation sites is 1. The molecular formula is C14H19NO4S. The fraction of sp³-hybridized carbons (Fsp3) is 0.500. The Kier molecular flexibility index (Phi) is 4.65. The lowest BCUT2D eigenvalue weighted by Gasteiger charge is -2.11. The highest BCUT2D eigenvalue weighted by molar-refractivity contribution is 7.91. The number of sulfone groups is 1. The number of carbonyl (C=O) groups excluding carboxylic acids is 1. The van der Waals surface area contributed by atoms with Crippen LogP contribution >= 0.6 is 0 Å². The number of nitrogens with one attached hydrogen (secondary N) is 1. The van der Waals surface area contributed by atoms with Crippen LogP contribution < -0.4 is 10.1 Å². The second-order valence-corrected chi connectivity index (χ2v) is 7.24. The summed E-state index contributed by atoms with van der Waals surface area (Å²) in [6.07, 6.45) is 1.40. The summed E-state index contributed by atoms with van der Waals surface area (Å²) in [5.74, 6) is 1.03. The molecule has 1 amide bonds. The zero-order valence-corrected chi connectivity index (χ0v) is 12.3. The van der Waals surface area contributed by atoms with Crippen molar-refractivity contribution in [3.8, 4) is 5.75 Å². The molecule has 1 aromatic rings. The van der Waals surface area contributed by atoms with Crippen molar-refractivity contribution >= 4 is 15.7 Å². The maximum Gasteiger partial charge on any atom is 0.255 e. The Bertz CT molecular complexity index is 583. The minimum absolute atomic E-state index is 0.165. The molecule has 20 heavy (non-hydrogen) atoms. The van der Waals surface area contributed by atoms with Crippen LogP contribution in [-0.4, -0.2) is 39.5 Å². The lowest BCUT2D eigenvalue weighted by atomic mass is 10.1. The molecule has 1 aliphatic heterocycles. The van der Waals surface area contributed by atoms with E-state index >= 15 is 0 Å². The van der Waals surface area contributed by atoms with Gasteiger partial charge in [-0.15, -0.1) is 0 Å². The number of ether oxygens (including phenoxy) is 1. The highest BCUT2D eigenvalue weighted by Gasteiger charge is 2.27. The summed E-state index contributed by atoms with van der Waals surface area (Å²) in [6, 6.07) is 7.02. The van der Waals surface area contributed by atoms with Gasteiger partial charge in [-0.3, -0.25) is 4.79 Å². The number of benzene rings is 1. The Hall–Kier alpha value is -1.56. The molecule has 1 aliphatic rings. The van der Waals surface area contributed by atoms with Crippen LogP contribution in [0.25, 0.3) is 0 Å². The minimum Gasteiger partial charge on any atom is -0.496 e. The first-order chi connectivity index (χ1) is 9.52. The molecule has 0 saturated carbocycles. The first-order valence-corrected chi connectivity index (χ1v) is 8.45. The number of amides is 1. The van der Waals surface area contributed by atoms with E-state index in [-0.39, 0.29) is 23.3 Å². The molecular weight excluding hydrogens is 278 g/mol. The third kappa shape index (κ3) is 3.72. The molecule has 5 nitrogen and oxygen atoms in total. The van der Waals surface area contributed by atoms with Crippen LogP contribution in [-0.2, 0) is 9.84 Å². The largest absolute Gasteiger partial charge is 0.496 e. The molecule has 0 bridgehead atoms. The van der Waals surface area contributed by atoms with Crippen LogP contribution in [0.15, 0.2) is 24.3 Å². The lowest BCUT2D eigenvalue weighted by molar-refractivity contribution is 0.0949. The molecule has 1 saturated heterocycles. The van der Waals surface area contributed by atoms with Crippen molar-refractivity contribution in [1.82, 2.24) is 5.32 Å². The van der Waals surface area contributed by atoms with E-state index in [2.05, 4.69) is 5.32 Å². The highest BCUT2D eigenvalue weighted by Crippen LogP contribution is 2.21. The molecule has 0 spiro atoms. The number of carbonyl (C=O) groups is 1. The van der Waals surface area contributed by atoms with E-state index in [4.69, 9.17) is 4.74 Å². The molecule has 1 unspecified atom stereocenters. The van der Waals surface area contributed by atoms with E-state index < -0.39 is 9.84 Å². The van der Waals surface area contributed by atoms with E-state index in [1.54, 1.807) is 24.3 Å². The summed E-state index contributed by atoms with van der Waals surface area (Å²) >= 11 is 0. The summed E-state index contributed by atoms with van der Waals surface area (Å²) < 4.78 is 27.8. The van der Waals surface area contributed by atoms with Crippen molar-refractivity contribution < 1.29 is 17.9 Å². The van der Waals surface area contributed by atoms with Crippen molar-refractivity contribution in [3.63, 3.8) is 0 Å². The zero-order valence-electron chi connectivity index (χ0n) is 11.5. The normalized spacial score (nSPS) is 20.6. The van der Waals surface area contributed by atoms with E-state index in [0.29, 0.717) is 30.7 Å². The maximum atomic E-state index is 12.0. The third-order valence-electron chi connectivity index (χ3n) is 3.52. The Morgan fingerprint density at radius 2 is 2.15 bits per heavy atom. The molecule has 1 fully saturated rings. The van der Waals surface area contributed by atoms with Gasteiger partial charge in [-0.2, -0.15) is 0 Å². The van der Waals surface area contributed by atoms with Crippen molar-refractivity contribution in [2.75, 3.05) is 25.2 Å². The molecule has 1 atom stereocenters. The minimum atomic E-state index is -2.84. The first kappa shape index (κ1) is 14.8. The Morgan fingerprint density at radius 3 is 2.80 bits per heavy atom. The molecule has 1 aromatic carbocycles. The predicted molar refractivity (Wildman–Crippen MR) is 76.7 cm³/mol. The molecule has 2 rings (SSSR count). The lowest BCUT2D eigenvalue weighted by Crippen LogP contribution is -2.26. The van der Waals surface area contributed by atoms with Gasteiger partial charge in [-0.1, -0.05) is 12.1 Å². The van der Waals surface area contributed by atoms with Crippen molar-refractivity contribution in [1.29, 1.82) is 0 Å².